The van der Waals surface area contributed by atoms with E-state index in [0.29, 0.717) is 17.3 Å². The normalized spacial score (nSPS) is 13.2. The second-order valence-corrected chi connectivity index (χ2v) is 7.36. The van der Waals surface area contributed by atoms with Gasteiger partial charge in [0.25, 0.3) is 5.56 Å². The number of benzene rings is 2. The van der Waals surface area contributed by atoms with Crippen LogP contribution in [0.1, 0.15) is 24.9 Å². The lowest BCUT2D eigenvalue weighted by atomic mass is 10.0. The van der Waals surface area contributed by atoms with Crippen LogP contribution in [-0.4, -0.2) is 37.6 Å². The van der Waals surface area contributed by atoms with Crippen molar-refractivity contribution in [2.24, 2.45) is 0 Å². The van der Waals surface area contributed by atoms with Gasteiger partial charge in [0.2, 0.25) is 5.91 Å². The number of nitrogens with zero attached hydrogens (tertiary/aromatic N) is 2. The molecule has 8 heteroatoms. The second kappa shape index (κ2) is 8.43. The van der Waals surface area contributed by atoms with Gasteiger partial charge >= 0.3 is 5.97 Å². The first-order valence-corrected chi connectivity index (χ1v) is 10.0. The Balaban J connectivity index is 1.60. The van der Waals surface area contributed by atoms with Crippen molar-refractivity contribution in [2.45, 2.75) is 31.8 Å². The van der Waals surface area contributed by atoms with Gasteiger partial charge in [0.1, 0.15) is 12.1 Å². The summed E-state index contributed by atoms with van der Waals surface area (Å²) in [6, 6.07) is 12.5. The Bertz CT molecular complexity index is 1320. The minimum atomic E-state index is -1.14. The number of carboxylic acids is 1. The number of amides is 1. The lowest BCUT2D eigenvalue weighted by Crippen LogP contribution is -2.46. The maximum absolute atomic E-state index is 13.0. The highest BCUT2D eigenvalue weighted by Crippen LogP contribution is 2.20. The van der Waals surface area contributed by atoms with Crippen LogP contribution in [0.2, 0.25) is 0 Å². The molecule has 31 heavy (non-hydrogen) atoms. The quantitative estimate of drug-likeness (QED) is 0.427. The fourth-order valence-electron chi connectivity index (χ4n) is 3.80. The first-order valence-electron chi connectivity index (χ1n) is 10.0. The summed E-state index contributed by atoms with van der Waals surface area (Å²) in [5, 5.41) is 13.6. The van der Waals surface area contributed by atoms with E-state index in [1.165, 1.54) is 10.9 Å². The molecule has 0 fully saturated rings. The van der Waals surface area contributed by atoms with Crippen molar-refractivity contribution in [3.05, 3.63) is 77.0 Å². The third kappa shape index (κ3) is 3.92. The number of para-hydroxylation sites is 2. The molecule has 0 radical (unpaired) electrons. The number of H-pyrrole nitrogens is 1. The van der Waals surface area contributed by atoms with Crippen LogP contribution < -0.4 is 10.9 Å². The Kier molecular flexibility index (Phi) is 5.53. The van der Waals surface area contributed by atoms with Crippen LogP contribution in [0.25, 0.3) is 21.8 Å². The van der Waals surface area contributed by atoms with Gasteiger partial charge in [-0.25, -0.2) is 9.78 Å². The molecule has 0 aliphatic rings. The molecule has 0 saturated heterocycles. The lowest BCUT2D eigenvalue weighted by Gasteiger charge is -2.21. The number of nitrogens with one attached hydrogen (secondary N) is 2. The van der Waals surface area contributed by atoms with Gasteiger partial charge in [0.05, 0.1) is 17.2 Å². The van der Waals surface area contributed by atoms with Gasteiger partial charge in [-0.3, -0.25) is 14.2 Å². The molecule has 0 saturated carbocycles. The summed E-state index contributed by atoms with van der Waals surface area (Å²) >= 11 is 0. The van der Waals surface area contributed by atoms with Crippen molar-refractivity contribution in [1.29, 1.82) is 0 Å². The second-order valence-electron chi connectivity index (χ2n) is 7.36. The molecule has 158 valence electrons. The summed E-state index contributed by atoms with van der Waals surface area (Å²) in [5.74, 6) is -1.67. The zero-order chi connectivity index (χ0) is 22.0. The number of aliphatic carboxylic acids is 1. The van der Waals surface area contributed by atoms with Gasteiger partial charge < -0.3 is 15.4 Å². The summed E-state index contributed by atoms with van der Waals surface area (Å²) in [5.41, 5.74) is 1.90. The molecule has 1 amide bonds. The van der Waals surface area contributed by atoms with E-state index in [1.807, 2.05) is 24.3 Å². The van der Waals surface area contributed by atoms with Crippen molar-refractivity contribution in [3.8, 4) is 0 Å². The van der Waals surface area contributed by atoms with Gasteiger partial charge in [-0.1, -0.05) is 37.3 Å². The Hall–Kier alpha value is -3.94. The number of rotatable bonds is 7. The topological polar surface area (TPSA) is 117 Å². The maximum Gasteiger partial charge on any atom is 0.326 e. The zero-order valence-corrected chi connectivity index (χ0v) is 16.9. The third-order valence-corrected chi connectivity index (χ3v) is 5.43. The van der Waals surface area contributed by atoms with Crippen LogP contribution in [0.4, 0.5) is 0 Å². The molecule has 0 spiro atoms. The lowest BCUT2D eigenvalue weighted by molar-refractivity contribution is -0.142. The predicted octanol–water partition coefficient (Wildman–Crippen LogP) is 2.64. The molecular formula is C23H22N4O4. The maximum atomic E-state index is 13.0. The number of carbonyl (C=O) groups excluding carboxylic acids is 1. The summed E-state index contributed by atoms with van der Waals surface area (Å²) in [7, 11) is 0. The first kappa shape index (κ1) is 20.3. The largest absolute Gasteiger partial charge is 0.480 e. The molecule has 0 aliphatic heterocycles. The van der Waals surface area contributed by atoms with Crippen molar-refractivity contribution >= 4 is 33.7 Å². The molecule has 0 bridgehead atoms. The highest BCUT2D eigenvalue weighted by molar-refractivity contribution is 5.88. The van der Waals surface area contributed by atoms with E-state index < -0.39 is 24.0 Å². The number of carbonyl (C=O) groups is 2. The number of aromatic amines is 1. The molecule has 4 aromatic rings. The van der Waals surface area contributed by atoms with E-state index in [4.69, 9.17) is 0 Å². The van der Waals surface area contributed by atoms with E-state index in [9.17, 15) is 19.5 Å². The van der Waals surface area contributed by atoms with Gasteiger partial charge in [0.15, 0.2) is 0 Å². The minimum absolute atomic E-state index is 0.117. The standard InChI is InChI=1S/C23H22N4O4/c1-2-20(27-13-25-18-10-6-4-8-16(18)22(27)29)21(28)26-19(23(30)31)11-14-12-24-17-9-5-3-7-15(14)17/h3-10,12-13,19-20,24H,2,11H2,1H3,(H,26,28)(H,30,31)/t19-,20+/m0/s1. The molecule has 8 nitrogen and oxygen atoms in total. The van der Waals surface area contributed by atoms with E-state index in [2.05, 4.69) is 15.3 Å². The Morgan fingerprint density at radius 3 is 2.58 bits per heavy atom. The van der Waals surface area contributed by atoms with Crippen molar-refractivity contribution in [1.82, 2.24) is 19.9 Å². The third-order valence-electron chi connectivity index (χ3n) is 5.43. The number of aromatic nitrogens is 3. The van der Waals surface area contributed by atoms with Crippen molar-refractivity contribution in [2.75, 3.05) is 0 Å². The van der Waals surface area contributed by atoms with E-state index in [0.717, 1.165) is 16.5 Å². The molecule has 2 aromatic heterocycles. The number of carboxylic acid groups (broad SMARTS) is 1. The Morgan fingerprint density at radius 1 is 1.13 bits per heavy atom. The first-order chi connectivity index (χ1) is 15.0. The van der Waals surface area contributed by atoms with Crippen LogP contribution >= 0.6 is 0 Å². The molecule has 2 atom stereocenters. The van der Waals surface area contributed by atoms with E-state index in [-0.39, 0.29) is 12.0 Å². The average Bonchev–Trinajstić information content (AvgIpc) is 3.18. The monoisotopic (exact) mass is 418 g/mol. The van der Waals surface area contributed by atoms with Crippen LogP contribution in [-0.2, 0) is 16.0 Å². The van der Waals surface area contributed by atoms with Gasteiger partial charge in [0, 0.05) is 23.5 Å². The summed E-state index contributed by atoms with van der Waals surface area (Å²) in [4.78, 5) is 45.1. The highest BCUT2D eigenvalue weighted by Gasteiger charge is 2.27. The molecule has 3 N–H and O–H groups in total. The van der Waals surface area contributed by atoms with Gasteiger partial charge in [-0.15, -0.1) is 0 Å². The molecule has 2 aromatic carbocycles. The fourth-order valence-corrected chi connectivity index (χ4v) is 3.80. The van der Waals surface area contributed by atoms with E-state index in [1.54, 1.807) is 37.4 Å². The summed E-state index contributed by atoms with van der Waals surface area (Å²) < 4.78 is 1.27. The number of fused-ring (bicyclic) bond motifs is 2. The van der Waals surface area contributed by atoms with Gasteiger partial charge in [-0.05, 0) is 30.2 Å². The molecule has 2 heterocycles. The number of hydrogen-bond donors (Lipinski definition) is 3. The van der Waals surface area contributed by atoms with Crippen LogP contribution in [0, 0.1) is 0 Å². The predicted molar refractivity (Wildman–Crippen MR) is 117 cm³/mol. The van der Waals surface area contributed by atoms with Crippen molar-refractivity contribution < 1.29 is 14.7 Å². The molecule has 0 unspecified atom stereocenters. The Labute approximate surface area is 177 Å². The highest BCUT2D eigenvalue weighted by atomic mass is 16.4. The molecule has 0 aliphatic carbocycles. The average molecular weight is 418 g/mol. The van der Waals surface area contributed by atoms with Gasteiger partial charge in [-0.2, -0.15) is 0 Å². The number of hydrogen-bond acceptors (Lipinski definition) is 4. The zero-order valence-electron chi connectivity index (χ0n) is 16.9. The summed E-state index contributed by atoms with van der Waals surface area (Å²) in [6.07, 6.45) is 3.52. The SMILES string of the molecule is CC[C@H](C(=O)N[C@@H](Cc1c[nH]c2ccccc12)C(=O)O)n1cnc2ccccc2c1=O. The fraction of sp³-hybridized carbons (Fsp3) is 0.217. The van der Waals surface area contributed by atoms with E-state index >= 15 is 0 Å². The van der Waals surface area contributed by atoms with Crippen LogP contribution in [0.15, 0.2) is 65.8 Å². The van der Waals surface area contributed by atoms with Crippen LogP contribution in [0.3, 0.4) is 0 Å². The summed E-state index contributed by atoms with van der Waals surface area (Å²) in [6.45, 7) is 1.77. The minimum Gasteiger partial charge on any atom is -0.480 e. The molecule has 4 rings (SSSR count). The smallest absolute Gasteiger partial charge is 0.326 e. The van der Waals surface area contributed by atoms with Crippen LogP contribution in [0.5, 0.6) is 0 Å². The van der Waals surface area contributed by atoms with Crippen molar-refractivity contribution in [3.63, 3.8) is 0 Å². The Morgan fingerprint density at radius 2 is 1.84 bits per heavy atom. The molecular weight excluding hydrogens is 396 g/mol.